The maximum absolute atomic E-state index is 12.6. The van der Waals surface area contributed by atoms with Gasteiger partial charge in [0.1, 0.15) is 0 Å². The highest BCUT2D eigenvalue weighted by Crippen LogP contribution is 2.18. The third kappa shape index (κ3) is 3.13. The van der Waals surface area contributed by atoms with Crippen LogP contribution in [0.3, 0.4) is 0 Å². The lowest BCUT2D eigenvalue weighted by Crippen LogP contribution is -2.24. The Balaban J connectivity index is 1.87. The lowest BCUT2D eigenvalue weighted by Gasteiger charge is -2.11. The monoisotopic (exact) mass is 310 g/mol. The van der Waals surface area contributed by atoms with Gasteiger partial charge in [0.2, 0.25) is 6.10 Å². The van der Waals surface area contributed by atoms with E-state index in [1.54, 1.807) is 42.5 Å². The zero-order valence-corrected chi connectivity index (χ0v) is 12.2. The Hall–Kier alpha value is -2.95. The number of ketones is 1. The number of carbonyl (C=O) groups excluding carboxylic acids is 3. The Kier molecular flexibility index (Phi) is 4.19. The molecule has 1 aliphatic rings. The van der Waals surface area contributed by atoms with Crippen molar-refractivity contribution in [2.24, 2.45) is 0 Å². The predicted octanol–water partition coefficient (Wildman–Crippen LogP) is 2.39. The smallest absolute Gasteiger partial charge is 0.347 e. The van der Waals surface area contributed by atoms with Crippen LogP contribution in [-0.2, 0) is 14.3 Å². The van der Waals surface area contributed by atoms with Gasteiger partial charge in [-0.3, -0.25) is 4.79 Å². The number of carbonyl (C=O) groups is 3. The Morgan fingerprint density at radius 2 is 1.61 bits per heavy atom. The van der Waals surface area contributed by atoms with Crippen molar-refractivity contribution in [2.45, 2.75) is 12.5 Å². The summed E-state index contributed by atoms with van der Waals surface area (Å²) in [5.74, 6) is -1.52. The van der Waals surface area contributed by atoms with E-state index in [-0.39, 0.29) is 23.5 Å². The quantitative estimate of drug-likeness (QED) is 0.640. The first-order chi connectivity index (χ1) is 11.2. The van der Waals surface area contributed by atoms with Crippen molar-refractivity contribution in [3.63, 3.8) is 0 Å². The van der Waals surface area contributed by atoms with Gasteiger partial charge in [0.05, 0.1) is 12.2 Å². The summed E-state index contributed by atoms with van der Waals surface area (Å²) in [5.41, 5.74) is 0.865. The van der Waals surface area contributed by atoms with E-state index in [2.05, 4.69) is 0 Å². The van der Waals surface area contributed by atoms with Crippen LogP contribution in [-0.4, -0.2) is 30.4 Å². The zero-order valence-electron chi connectivity index (χ0n) is 12.2. The summed E-state index contributed by atoms with van der Waals surface area (Å²) in [5, 5.41) is 0. The molecule has 0 aliphatic carbocycles. The fourth-order valence-electron chi connectivity index (χ4n) is 2.38. The van der Waals surface area contributed by atoms with E-state index in [0.717, 1.165) is 0 Å². The molecule has 116 valence electrons. The number of hydrogen-bond donors (Lipinski definition) is 0. The van der Waals surface area contributed by atoms with Crippen LogP contribution in [0, 0.1) is 0 Å². The van der Waals surface area contributed by atoms with Gasteiger partial charge in [0.15, 0.2) is 5.78 Å². The molecule has 0 radical (unpaired) electrons. The second kappa shape index (κ2) is 6.44. The number of esters is 2. The van der Waals surface area contributed by atoms with E-state index in [1.165, 1.54) is 6.07 Å². The van der Waals surface area contributed by atoms with Crippen molar-refractivity contribution in [1.82, 2.24) is 0 Å². The molecular formula is C18H14O5. The minimum Gasteiger partial charge on any atom is -0.463 e. The van der Waals surface area contributed by atoms with Crippen LogP contribution in [0.4, 0.5) is 0 Å². The van der Waals surface area contributed by atoms with Crippen LogP contribution in [0.25, 0.3) is 0 Å². The number of cyclic esters (lactones) is 1. The maximum atomic E-state index is 12.6. The van der Waals surface area contributed by atoms with E-state index in [0.29, 0.717) is 12.0 Å². The SMILES string of the molecule is O=C(O[C@@H]1CCOC1=O)c1ccccc1C(=O)c1ccccc1. The summed E-state index contributed by atoms with van der Waals surface area (Å²) in [7, 11) is 0. The molecule has 3 rings (SSSR count). The van der Waals surface area contributed by atoms with Gasteiger partial charge in [-0.25, -0.2) is 9.59 Å². The lowest BCUT2D eigenvalue weighted by molar-refractivity contribution is -0.145. The summed E-state index contributed by atoms with van der Waals surface area (Å²) >= 11 is 0. The third-order valence-corrected chi connectivity index (χ3v) is 3.56. The van der Waals surface area contributed by atoms with E-state index in [9.17, 15) is 14.4 Å². The third-order valence-electron chi connectivity index (χ3n) is 3.56. The largest absolute Gasteiger partial charge is 0.463 e. The van der Waals surface area contributed by atoms with Crippen LogP contribution in [0.5, 0.6) is 0 Å². The standard InChI is InChI=1S/C18H14O5/c19-16(12-6-2-1-3-7-12)13-8-4-5-9-14(13)17(20)23-15-10-11-22-18(15)21/h1-9,15H,10-11H2/t15-/m1/s1. The molecular weight excluding hydrogens is 296 g/mol. The molecule has 2 aromatic rings. The first-order valence-electron chi connectivity index (χ1n) is 7.23. The van der Waals surface area contributed by atoms with Crippen LogP contribution < -0.4 is 0 Å². The van der Waals surface area contributed by atoms with Gasteiger partial charge in [-0.1, -0.05) is 48.5 Å². The molecule has 2 aromatic carbocycles. The van der Waals surface area contributed by atoms with Gasteiger partial charge >= 0.3 is 11.9 Å². The number of hydrogen-bond acceptors (Lipinski definition) is 5. The van der Waals surface area contributed by atoms with E-state index >= 15 is 0 Å². The molecule has 0 spiro atoms. The Morgan fingerprint density at radius 1 is 0.957 bits per heavy atom. The minimum atomic E-state index is -0.901. The topological polar surface area (TPSA) is 69.7 Å². The van der Waals surface area contributed by atoms with Gasteiger partial charge < -0.3 is 9.47 Å². The molecule has 0 unspecified atom stereocenters. The molecule has 1 fully saturated rings. The van der Waals surface area contributed by atoms with E-state index < -0.39 is 18.0 Å². The molecule has 0 N–H and O–H groups in total. The molecule has 1 heterocycles. The summed E-state index contributed by atoms with van der Waals surface area (Å²) in [6.07, 6.45) is -0.568. The van der Waals surface area contributed by atoms with Crippen LogP contribution in [0.1, 0.15) is 32.7 Å². The van der Waals surface area contributed by atoms with Crippen molar-refractivity contribution in [1.29, 1.82) is 0 Å². The van der Waals surface area contributed by atoms with Crippen molar-refractivity contribution in [3.8, 4) is 0 Å². The highest BCUT2D eigenvalue weighted by atomic mass is 16.6. The Labute approximate surface area is 132 Å². The number of benzene rings is 2. The Morgan fingerprint density at radius 3 is 2.26 bits per heavy atom. The Bertz CT molecular complexity index is 751. The van der Waals surface area contributed by atoms with Crippen molar-refractivity contribution < 1.29 is 23.9 Å². The molecule has 0 saturated carbocycles. The van der Waals surface area contributed by atoms with Crippen molar-refractivity contribution >= 4 is 17.7 Å². The molecule has 5 heteroatoms. The average Bonchev–Trinajstić information content (AvgIpc) is 3.00. The zero-order chi connectivity index (χ0) is 16.2. The summed E-state index contributed by atoms with van der Waals surface area (Å²) in [4.78, 5) is 36.3. The van der Waals surface area contributed by atoms with Gasteiger partial charge in [0.25, 0.3) is 0 Å². The molecule has 0 bridgehead atoms. The van der Waals surface area contributed by atoms with Gasteiger partial charge in [-0.15, -0.1) is 0 Å². The summed E-state index contributed by atoms with van der Waals surface area (Å²) in [6, 6.07) is 15.1. The van der Waals surface area contributed by atoms with Gasteiger partial charge in [-0.2, -0.15) is 0 Å². The molecule has 1 saturated heterocycles. The van der Waals surface area contributed by atoms with Gasteiger partial charge in [-0.05, 0) is 6.07 Å². The molecule has 1 atom stereocenters. The van der Waals surface area contributed by atoms with Crippen molar-refractivity contribution in [2.75, 3.05) is 6.61 Å². The first kappa shape index (κ1) is 15.0. The lowest BCUT2D eigenvalue weighted by atomic mass is 9.98. The summed E-state index contributed by atoms with van der Waals surface area (Å²) in [6.45, 7) is 0.237. The average molecular weight is 310 g/mol. The first-order valence-corrected chi connectivity index (χ1v) is 7.23. The highest BCUT2D eigenvalue weighted by Gasteiger charge is 2.31. The maximum Gasteiger partial charge on any atom is 0.347 e. The molecule has 1 aliphatic heterocycles. The molecule has 0 amide bonds. The van der Waals surface area contributed by atoms with Crippen molar-refractivity contribution in [3.05, 3.63) is 71.3 Å². The fourth-order valence-corrected chi connectivity index (χ4v) is 2.38. The van der Waals surface area contributed by atoms with E-state index in [4.69, 9.17) is 9.47 Å². The normalized spacial score (nSPS) is 16.7. The molecule has 5 nitrogen and oxygen atoms in total. The van der Waals surface area contributed by atoms with Crippen LogP contribution in [0.2, 0.25) is 0 Å². The van der Waals surface area contributed by atoms with E-state index in [1.807, 2.05) is 6.07 Å². The van der Waals surface area contributed by atoms with Crippen LogP contribution >= 0.6 is 0 Å². The second-order valence-corrected chi connectivity index (χ2v) is 5.09. The highest BCUT2D eigenvalue weighted by molar-refractivity contribution is 6.14. The molecule has 23 heavy (non-hydrogen) atoms. The molecule has 0 aromatic heterocycles. The fraction of sp³-hybridized carbons (Fsp3) is 0.167. The second-order valence-electron chi connectivity index (χ2n) is 5.09. The summed E-state index contributed by atoms with van der Waals surface area (Å²) < 4.78 is 9.94. The number of rotatable bonds is 4. The predicted molar refractivity (Wildman–Crippen MR) is 81.1 cm³/mol. The van der Waals surface area contributed by atoms with Gasteiger partial charge in [0, 0.05) is 17.5 Å². The number of ether oxygens (including phenoxy) is 2. The van der Waals surface area contributed by atoms with Crippen LogP contribution in [0.15, 0.2) is 54.6 Å². The minimum absolute atomic E-state index is 0.140.